The minimum atomic E-state index is -0.369. The fourth-order valence-corrected chi connectivity index (χ4v) is 1.29. The van der Waals surface area contributed by atoms with Gasteiger partial charge < -0.3 is 9.84 Å². The predicted octanol–water partition coefficient (Wildman–Crippen LogP) is 1.06. The summed E-state index contributed by atoms with van der Waals surface area (Å²) < 4.78 is 4.87. The summed E-state index contributed by atoms with van der Waals surface area (Å²) in [7, 11) is 0. The zero-order valence-electron chi connectivity index (χ0n) is 9.96. The van der Waals surface area contributed by atoms with Crippen LogP contribution in [0.25, 0.3) is 11.5 Å². The number of carbonyl (C=O) groups is 1. The van der Waals surface area contributed by atoms with Crippen LogP contribution in [0.2, 0.25) is 0 Å². The molecule has 0 aromatic carbocycles. The molecule has 94 valence electrons. The van der Waals surface area contributed by atoms with E-state index in [1.165, 1.54) is 12.4 Å². The molecule has 0 aliphatic rings. The second-order valence-electron chi connectivity index (χ2n) is 3.62. The maximum absolute atomic E-state index is 11.6. The minimum absolute atomic E-state index is 0.0632. The zero-order valence-corrected chi connectivity index (χ0v) is 9.96. The van der Waals surface area contributed by atoms with Crippen molar-refractivity contribution in [2.24, 2.45) is 0 Å². The van der Waals surface area contributed by atoms with Crippen molar-refractivity contribution in [3.63, 3.8) is 0 Å². The van der Waals surface area contributed by atoms with Gasteiger partial charge in [0.15, 0.2) is 0 Å². The normalized spacial score (nSPS) is 10.3. The molecule has 0 spiro atoms. The van der Waals surface area contributed by atoms with E-state index in [2.05, 4.69) is 25.4 Å². The molecule has 0 atom stereocenters. The third-order valence-electron chi connectivity index (χ3n) is 2.23. The van der Waals surface area contributed by atoms with Crippen LogP contribution in [0.3, 0.4) is 0 Å². The number of hydrogen-bond acceptors (Lipinski definition) is 6. The number of carbonyl (C=O) groups excluding carboxylic acids is 1. The van der Waals surface area contributed by atoms with Crippen LogP contribution in [-0.4, -0.2) is 32.6 Å². The number of rotatable bonds is 5. The summed E-state index contributed by atoms with van der Waals surface area (Å²) in [5.74, 6) is -0.179. The van der Waals surface area contributed by atoms with Gasteiger partial charge in [0.05, 0.1) is 6.20 Å². The lowest BCUT2D eigenvalue weighted by molar-refractivity contribution is 0.0909. The number of amides is 1. The molecule has 0 radical (unpaired) electrons. The summed E-state index contributed by atoms with van der Waals surface area (Å²) in [6, 6.07) is 0. The Balaban J connectivity index is 2.04. The molecule has 1 N–H and O–H groups in total. The van der Waals surface area contributed by atoms with E-state index in [-0.39, 0.29) is 17.6 Å². The monoisotopic (exact) mass is 247 g/mol. The van der Waals surface area contributed by atoms with Gasteiger partial charge in [0.2, 0.25) is 5.82 Å². The Morgan fingerprint density at radius 3 is 3.06 bits per heavy atom. The maximum Gasteiger partial charge on any atom is 0.316 e. The molecular formula is C11H13N5O2. The summed E-state index contributed by atoms with van der Waals surface area (Å²) in [5, 5.41) is 6.38. The van der Waals surface area contributed by atoms with Crippen molar-refractivity contribution in [3.05, 3.63) is 24.5 Å². The van der Waals surface area contributed by atoms with Crippen LogP contribution in [0.1, 0.15) is 30.5 Å². The Morgan fingerprint density at radius 2 is 2.33 bits per heavy atom. The molecule has 2 aromatic heterocycles. The van der Waals surface area contributed by atoms with Crippen molar-refractivity contribution in [1.29, 1.82) is 0 Å². The largest absolute Gasteiger partial charge is 0.348 e. The summed E-state index contributed by atoms with van der Waals surface area (Å²) in [4.78, 5) is 23.5. The first kappa shape index (κ1) is 12.2. The maximum atomic E-state index is 11.6. The fraction of sp³-hybridized carbons (Fsp3) is 0.364. The molecule has 7 nitrogen and oxygen atoms in total. The minimum Gasteiger partial charge on any atom is -0.348 e. The van der Waals surface area contributed by atoms with Crippen LogP contribution in [-0.2, 0) is 0 Å². The van der Waals surface area contributed by atoms with Gasteiger partial charge in [0.1, 0.15) is 5.69 Å². The molecule has 2 heterocycles. The molecule has 0 aliphatic heterocycles. The standard InChI is InChI=1S/C11H13N5O2/c1-2-3-4-14-10(17)11-15-9(16-18-11)8-7-12-5-6-13-8/h5-7H,2-4H2,1H3,(H,14,17). The van der Waals surface area contributed by atoms with Gasteiger partial charge in [0, 0.05) is 18.9 Å². The molecule has 0 unspecified atom stereocenters. The average molecular weight is 247 g/mol. The summed E-state index contributed by atoms with van der Waals surface area (Å²) in [6.07, 6.45) is 6.49. The van der Waals surface area contributed by atoms with Gasteiger partial charge in [-0.15, -0.1) is 0 Å². The molecule has 7 heteroatoms. The summed E-state index contributed by atoms with van der Waals surface area (Å²) >= 11 is 0. The van der Waals surface area contributed by atoms with Crippen LogP contribution in [0.15, 0.2) is 23.1 Å². The fourth-order valence-electron chi connectivity index (χ4n) is 1.29. The van der Waals surface area contributed by atoms with Gasteiger partial charge in [-0.05, 0) is 6.42 Å². The van der Waals surface area contributed by atoms with Gasteiger partial charge >= 0.3 is 11.8 Å². The van der Waals surface area contributed by atoms with E-state index in [0.717, 1.165) is 12.8 Å². The lowest BCUT2D eigenvalue weighted by Crippen LogP contribution is -2.24. The highest BCUT2D eigenvalue weighted by Gasteiger charge is 2.15. The smallest absolute Gasteiger partial charge is 0.316 e. The van der Waals surface area contributed by atoms with E-state index in [4.69, 9.17) is 4.52 Å². The van der Waals surface area contributed by atoms with E-state index in [1.54, 1.807) is 6.20 Å². The number of nitrogens with one attached hydrogen (secondary N) is 1. The van der Waals surface area contributed by atoms with E-state index in [1.807, 2.05) is 6.92 Å². The number of aromatic nitrogens is 4. The molecule has 0 saturated heterocycles. The molecule has 2 aromatic rings. The highest BCUT2D eigenvalue weighted by Crippen LogP contribution is 2.10. The number of nitrogens with zero attached hydrogens (tertiary/aromatic N) is 4. The Morgan fingerprint density at radius 1 is 1.44 bits per heavy atom. The molecule has 0 saturated carbocycles. The third-order valence-corrected chi connectivity index (χ3v) is 2.23. The highest BCUT2D eigenvalue weighted by atomic mass is 16.5. The predicted molar refractivity (Wildman–Crippen MR) is 62.6 cm³/mol. The van der Waals surface area contributed by atoms with Crippen LogP contribution < -0.4 is 5.32 Å². The van der Waals surface area contributed by atoms with E-state index in [0.29, 0.717) is 12.2 Å². The van der Waals surface area contributed by atoms with Crippen molar-refractivity contribution in [2.45, 2.75) is 19.8 Å². The highest BCUT2D eigenvalue weighted by molar-refractivity contribution is 5.89. The second-order valence-corrected chi connectivity index (χ2v) is 3.62. The van der Waals surface area contributed by atoms with Gasteiger partial charge in [0.25, 0.3) is 0 Å². The van der Waals surface area contributed by atoms with E-state index < -0.39 is 0 Å². The van der Waals surface area contributed by atoms with Crippen molar-refractivity contribution in [3.8, 4) is 11.5 Å². The molecule has 0 aliphatic carbocycles. The SMILES string of the molecule is CCCCNC(=O)c1nc(-c2cnccn2)no1. The van der Waals surface area contributed by atoms with E-state index >= 15 is 0 Å². The topological polar surface area (TPSA) is 93.8 Å². The third kappa shape index (κ3) is 2.88. The summed E-state index contributed by atoms with van der Waals surface area (Å²) in [6.45, 7) is 2.64. The van der Waals surface area contributed by atoms with Gasteiger partial charge in [-0.25, -0.2) is 4.98 Å². The van der Waals surface area contributed by atoms with Gasteiger partial charge in [-0.2, -0.15) is 4.98 Å². The van der Waals surface area contributed by atoms with Crippen LogP contribution >= 0.6 is 0 Å². The average Bonchev–Trinajstić information content (AvgIpc) is 2.89. The molecule has 0 fully saturated rings. The number of hydrogen-bond donors (Lipinski definition) is 1. The molecule has 1 amide bonds. The van der Waals surface area contributed by atoms with Crippen LogP contribution in [0.4, 0.5) is 0 Å². The van der Waals surface area contributed by atoms with Crippen LogP contribution in [0.5, 0.6) is 0 Å². The van der Waals surface area contributed by atoms with Crippen molar-refractivity contribution >= 4 is 5.91 Å². The van der Waals surface area contributed by atoms with Crippen molar-refractivity contribution in [2.75, 3.05) is 6.54 Å². The molecular weight excluding hydrogens is 234 g/mol. The first-order valence-corrected chi connectivity index (χ1v) is 5.69. The van der Waals surface area contributed by atoms with E-state index in [9.17, 15) is 4.79 Å². The Kier molecular flexibility index (Phi) is 3.95. The lowest BCUT2D eigenvalue weighted by atomic mass is 10.3. The van der Waals surface area contributed by atoms with Crippen molar-refractivity contribution in [1.82, 2.24) is 25.4 Å². The van der Waals surface area contributed by atoms with Crippen molar-refractivity contribution < 1.29 is 9.32 Å². The zero-order chi connectivity index (χ0) is 12.8. The second kappa shape index (κ2) is 5.85. The first-order valence-electron chi connectivity index (χ1n) is 5.69. The van der Waals surface area contributed by atoms with Crippen LogP contribution in [0, 0.1) is 0 Å². The number of unbranched alkanes of at least 4 members (excludes halogenated alkanes) is 1. The Bertz CT molecular complexity index is 511. The Labute approximate surface area is 104 Å². The lowest BCUT2D eigenvalue weighted by Gasteiger charge is -1.98. The summed E-state index contributed by atoms with van der Waals surface area (Å²) in [5.41, 5.74) is 0.467. The van der Waals surface area contributed by atoms with Gasteiger partial charge in [-0.1, -0.05) is 18.5 Å². The van der Waals surface area contributed by atoms with Gasteiger partial charge in [-0.3, -0.25) is 9.78 Å². The molecule has 18 heavy (non-hydrogen) atoms. The molecule has 2 rings (SSSR count). The Hall–Kier alpha value is -2.31. The quantitative estimate of drug-likeness (QED) is 0.794. The molecule has 0 bridgehead atoms. The first-order chi connectivity index (χ1) is 8.81.